The minimum atomic E-state index is -0.510. The standard InChI is InChI=1S/C12H25N3O2/c1-5-14-11(16)8-15(6-2)12(17)10(13)7-9(3)4/h9-10H,5-8,13H2,1-4H3,(H,14,16)/t10-/m1/s1. The van der Waals surface area contributed by atoms with E-state index >= 15 is 0 Å². The molecule has 0 unspecified atom stereocenters. The van der Waals surface area contributed by atoms with E-state index in [4.69, 9.17) is 5.73 Å². The fourth-order valence-corrected chi connectivity index (χ4v) is 1.62. The number of hydrogen-bond acceptors (Lipinski definition) is 3. The Morgan fingerprint density at radius 1 is 1.29 bits per heavy atom. The van der Waals surface area contributed by atoms with E-state index in [0.717, 1.165) is 0 Å². The smallest absolute Gasteiger partial charge is 0.239 e. The molecule has 0 bridgehead atoms. The lowest BCUT2D eigenvalue weighted by Gasteiger charge is -2.24. The second-order valence-electron chi connectivity index (χ2n) is 4.54. The first-order valence-electron chi connectivity index (χ1n) is 6.23. The van der Waals surface area contributed by atoms with E-state index in [0.29, 0.717) is 25.4 Å². The first-order valence-corrected chi connectivity index (χ1v) is 6.23. The summed E-state index contributed by atoms with van der Waals surface area (Å²) in [5.74, 6) is 0.0871. The number of nitrogens with zero attached hydrogens (tertiary/aromatic N) is 1. The molecule has 0 spiro atoms. The minimum absolute atomic E-state index is 0.0922. The van der Waals surface area contributed by atoms with Crippen LogP contribution in [-0.4, -0.2) is 42.4 Å². The number of nitrogens with one attached hydrogen (secondary N) is 1. The van der Waals surface area contributed by atoms with Crippen LogP contribution >= 0.6 is 0 Å². The normalized spacial score (nSPS) is 12.4. The Labute approximate surface area is 104 Å². The van der Waals surface area contributed by atoms with Gasteiger partial charge in [-0.2, -0.15) is 0 Å². The molecule has 0 heterocycles. The van der Waals surface area contributed by atoms with Gasteiger partial charge in [-0.05, 0) is 26.2 Å². The number of likely N-dealkylation sites (N-methyl/N-ethyl adjacent to an activating group) is 2. The van der Waals surface area contributed by atoms with Gasteiger partial charge in [0.2, 0.25) is 11.8 Å². The summed E-state index contributed by atoms with van der Waals surface area (Å²) in [7, 11) is 0. The van der Waals surface area contributed by atoms with E-state index in [1.54, 1.807) is 0 Å². The van der Waals surface area contributed by atoms with Gasteiger partial charge in [-0.3, -0.25) is 9.59 Å². The van der Waals surface area contributed by atoms with Crippen LogP contribution < -0.4 is 11.1 Å². The average Bonchev–Trinajstić information content (AvgIpc) is 2.24. The Bertz CT molecular complexity index is 254. The van der Waals surface area contributed by atoms with Gasteiger partial charge in [-0.15, -0.1) is 0 Å². The van der Waals surface area contributed by atoms with Crippen molar-refractivity contribution in [3.05, 3.63) is 0 Å². The Morgan fingerprint density at radius 3 is 2.29 bits per heavy atom. The predicted octanol–water partition coefficient (Wildman–Crippen LogP) is 0.344. The lowest BCUT2D eigenvalue weighted by atomic mass is 10.0. The Morgan fingerprint density at radius 2 is 1.88 bits per heavy atom. The second-order valence-corrected chi connectivity index (χ2v) is 4.54. The van der Waals surface area contributed by atoms with Gasteiger partial charge >= 0.3 is 0 Å². The minimum Gasteiger partial charge on any atom is -0.355 e. The molecule has 5 heteroatoms. The highest BCUT2D eigenvalue weighted by atomic mass is 16.2. The van der Waals surface area contributed by atoms with Gasteiger partial charge in [-0.1, -0.05) is 13.8 Å². The molecule has 0 aromatic carbocycles. The van der Waals surface area contributed by atoms with Crippen molar-refractivity contribution in [2.24, 2.45) is 11.7 Å². The summed E-state index contributed by atoms with van der Waals surface area (Å²) in [6.45, 7) is 8.90. The zero-order chi connectivity index (χ0) is 13.4. The maximum Gasteiger partial charge on any atom is 0.239 e. The van der Waals surface area contributed by atoms with Crippen molar-refractivity contribution in [3.8, 4) is 0 Å². The molecule has 0 saturated carbocycles. The van der Waals surface area contributed by atoms with Gasteiger partial charge in [0.15, 0.2) is 0 Å². The van der Waals surface area contributed by atoms with E-state index in [1.165, 1.54) is 4.90 Å². The average molecular weight is 243 g/mol. The molecular weight excluding hydrogens is 218 g/mol. The fraction of sp³-hybridized carbons (Fsp3) is 0.833. The third-order valence-electron chi connectivity index (χ3n) is 2.44. The summed E-state index contributed by atoms with van der Waals surface area (Å²) in [5.41, 5.74) is 5.82. The number of nitrogens with two attached hydrogens (primary N) is 1. The van der Waals surface area contributed by atoms with Crippen molar-refractivity contribution in [2.75, 3.05) is 19.6 Å². The fourth-order valence-electron chi connectivity index (χ4n) is 1.62. The van der Waals surface area contributed by atoms with Crippen LogP contribution in [-0.2, 0) is 9.59 Å². The summed E-state index contributed by atoms with van der Waals surface area (Å²) >= 11 is 0. The molecule has 0 aromatic heterocycles. The molecule has 0 aliphatic heterocycles. The number of carbonyl (C=O) groups is 2. The van der Waals surface area contributed by atoms with E-state index < -0.39 is 6.04 Å². The molecule has 100 valence electrons. The molecule has 2 amide bonds. The number of rotatable bonds is 7. The van der Waals surface area contributed by atoms with Gasteiger partial charge < -0.3 is 16.0 Å². The van der Waals surface area contributed by atoms with Crippen LogP contribution in [0.3, 0.4) is 0 Å². The van der Waals surface area contributed by atoms with Crippen molar-refractivity contribution in [1.29, 1.82) is 0 Å². The van der Waals surface area contributed by atoms with Crippen LogP contribution in [0.4, 0.5) is 0 Å². The van der Waals surface area contributed by atoms with Crippen molar-refractivity contribution in [1.82, 2.24) is 10.2 Å². The monoisotopic (exact) mass is 243 g/mol. The number of hydrogen-bond donors (Lipinski definition) is 2. The lowest BCUT2D eigenvalue weighted by Crippen LogP contribution is -2.48. The number of amides is 2. The topological polar surface area (TPSA) is 75.4 Å². The third kappa shape index (κ3) is 6.26. The van der Waals surface area contributed by atoms with Crippen LogP contribution in [0.5, 0.6) is 0 Å². The van der Waals surface area contributed by atoms with Crippen molar-refractivity contribution < 1.29 is 9.59 Å². The zero-order valence-electron chi connectivity index (χ0n) is 11.3. The van der Waals surface area contributed by atoms with Crippen LogP contribution in [0.15, 0.2) is 0 Å². The van der Waals surface area contributed by atoms with Crippen LogP contribution in [0.1, 0.15) is 34.1 Å². The Kier molecular flexibility index (Phi) is 7.54. The molecular formula is C12H25N3O2. The largest absolute Gasteiger partial charge is 0.355 e. The van der Waals surface area contributed by atoms with Crippen LogP contribution in [0, 0.1) is 5.92 Å². The van der Waals surface area contributed by atoms with E-state index in [9.17, 15) is 9.59 Å². The molecule has 0 radical (unpaired) electrons. The lowest BCUT2D eigenvalue weighted by molar-refractivity contribution is -0.137. The maximum absolute atomic E-state index is 12.0. The van der Waals surface area contributed by atoms with Gasteiger partial charge in [-0.25, -0.2) is 0 Å². The van der Waals surface area contributed by atoms with E-state index in [-0.39, 0.29) is 18.4 Å². The third-order valence-corrected chi connectivity index (χ3v) is 2.44. The molecule has 17 heavy (non-hydrogen) atoms. The van der Waals surface area contributed by atoms with Crippen LogP contribution in [0.2, 0.25) is 0 Å². The highest BCUT2D eigenvalue weighted by Gasteiger charge is 2.22. The Balaban J connectivity index is 4.34. The van der Waals surface area contributed by atoms with Crippen LogP contribution in [0.25, 0.3) is 0 Å². The molecule has 1 atom stereocenters. The summed E-state index contributed by atoms with van der Waals surface area (Å²) in [6.07, 6.45) is 0.644. The molecule has 0 aromatic rings. The number of carbonyl (C=O) groups excluding carboxylic acids is 2. The van der Waals surface area contributed by atoms with Crippen molar-refractivity contribution in [3.63, 3.8) is 0 Å². The van der Waals surface area contributed by atoms with Gasteiger partial charge in [0, 0.05) is 13.1 Å². The zero-order valence-corrected chi connectivity index (χ0v) is 11.3. The van der Waals surface area contributed by atoms with E-state index in [1.807, 2.05) is 27.7 Å². The van der Waals surface area contributed by atoms with Gasteiger partial charge in [0.05, 0.1) is 12.6 Å². The van der Waals surface area contributed by atoms with E-state index in [2.05, 4.69) is 5.32 Å². The molecule has 5 nitrogen and oxygen atoms in total. The summed E-state index contributed by atoms with van der Waals surface area (Å²) in [4.78, 5) is 24.9. The van der Waals surface area contributed by atoms with Crippen molar-refractivity contribution in [2.45, 2.75) is 40.2 Å². The first-order chi connectivity index (χ1) is 7.92. The van der Waals surface area contributed by atoms with Crippen molar-refractivity contribution >= 4 is 11.8 Å². The Hall–Kier alpha value is -1.10. The molecule has 0 fully saturated rings. The molecule has 0 aliphatic rings. The SMILES string of the molecule is CCNC(=O)CN(CC)C(=O)[C@H](N)CC(C)C. The summed E-state index contributed by atoms with van der Waals surface area (Å²) < 4.78 is 0. The molecule has 0 aliphatic carbocycles. The highest BCUT2D eigenvalue weighted by molar-refractivity contribution is 5.87. The summed E-state index contributed by atoms with van der Waals surface area (Å²) in [6, 6.07) is -0.510. The summed E-state index contributed by atoms with van der Waals surface area (Å²) in [5, 5.41) is 2.67. The molecule has 0 rings (SSSR count). The molecule has 3 N–H and O–H groups in total. The highest BCUT2D eigenvalue weighted by Crippen LogP contribution is 2.05. The predicted molar refractivity (Wildman–Crippen MR) is 68.4 cm³/mol. The maximum atomic E-state index is 12.0. The quantitative estimate of drug-likeness (QED) is 0.677. The van der Waals surface area contributed by atoms with Gasteiger partial charge in [0.1, 0.15) is 0 Å². The first kappa shape index (κ1) is 15.9. The molecule has 0 saturated heterocycles. The van der Waals surface area contributed by atoms with Gasteiger partial charge in [0.25, 0.3) is 0 Å². The second kappa shape index (κ2) is 8.06.